The molecule has 4 nitrogen and oxygen atoms in total. The van der Waals surface area contributed by atoms with Gasteiger partial charge in [-0.2, -0.15) is 0 Å². The normalized spacial score (nSPS) is 13.5. The van der Waals surface area contributed by atoms with Gasteiger partial charge in [-0.05, 0) is 74.9 Å². The highest BCUT2D eigenvalue weighted by molar-refractivity contribution is 7.91. The van der Waals surface area contributed by atoms with Crippen LogP contribution in [0.3, 0.4) is 0 Å². The van der Waals surface area contributed by atoms with Crippen molar-refractivity contribution in [2.24, 2.45) is 0 Å². The van der Waals surface area contributed by atoms with Gasteiger partial charge < -0.3 is 10.2 Å². The monoisotopic (exact) mass is 450 g/mol. The first-order valence-corrected chi connectivity index (χ1v) is 11.6. The fourth-order valence-corrected chi connectivity index (χ4v) is 4.58. The molecular formula is C24H28F2O4S. The van der Waals surface area contributed by atoms with Gasteiger partial charge in [0.05, 0.1) is 22.0 Å². The Hall–Kier alpha value is -2.35. The number of unbranched alkanes of at least 4 members (excludes halogenated alkanes) is 2. The van der Waals surface area contributed by atoms with Crippen molar-refractivity contribution in [2.45, 2.75) is 60.5 Å². The minimum absolute atomic E-state index is 0.114. The highest BCUT2D eigenvalue weighted by Gasteiger charge is 2.24. The van der Waals surface area contributed by atoms with Crippen molar-refractivity contribution < 1.29 is 27.4 Å². The first-order chi connectivity index (χ1) is 14.7. The Kier molecular flexibility index (Phi) is 9.10. The van der Waals surface area contributed by atoms with E-state index in [1.165, 1.54) is 0 Å². The molecular weight excluding hydrogens is 422 g/mol. The molecule has 31 heavy (non-hydrogen) atoms. The number of aliphatic hydroxyl groups excluding tert-OH is 2. The molecule has 0 bridgehead atoms. The van der Waals surface area contributed by atoms with Crippen LogP contribution in [0.15, 0.2) is 71.5 Å². The maximum atomic E-state index is 14.2. The van der Waals surface area contributed by atoms with E-state index in [0.29, 0.717) is 25.7 Å². The first kappa shape index (κ1) is 24.9. The Morgan fingerprint density at radius 2 is 1.19 bits per heavy atom. The van der Waals surface area contributed by atoms with E-state index in [9.17, 15) is 27.4 Å². The number of sulfone groups is 1. The molecule has 0 heterocycles. The van der Waals surface area contributed by atoms with Gasteiger partial charge in [0, 0.05) is 11.1 Å². The molecule has 0 radical (unpaired) electrons. The maximum absolute atomic E-state index is 14.2. The average molecular weight is 451 g/mol. The van der Waals surface area contributed by atoms with Gasteiger partial charge in [-0.1, -0.05) is 12.2 Å². The summed E-state index contributed by atoms with van der Waals surface area (Å²) in [7, 11) is -4.12. The molecule has 0 aliphatic heterocycles. The zero-order valence-electron chi connectivity index (χ0n) is 17.3. The Labute approximate surface area is 182 Å². The second-order valence-corrected chi connectivity index (χ2v) is 9.29. The number of allylic oxidation sites excluding steroid dienone is 2. The van der Waals surface area contributed by atoms with E-state index in [1.807, 2.05) is 0 Å². The summed E-state index contributed by atoms with van der Waals surface area (Å²) >= 11 is 0. The summed E-state index contributed by atoms with van der Waals surface area (Å²) in [5.41, 5.74) is -0.228. The molecule has 2 aromatic rings. The summed E-state index contributed by atoms with van der Waals surface area (Å²) in [6.07, 6.45) is 3.99. The smallest absolute Gasteiger partial charge is 0.206 e. The molecule has 2 atom stereocenters. The topological polar surface area (TPSA) is 74.6 Å². The molecule has 168 valence electrons. The molecule has 0 aliphatic rings. The molecule has 0 amide bonds. The summed E-state index contributed by atoms with van der Waals surface area (Å²) in [6.45, 7) is 7.18. The minimum atomic E-state index is -4.12. The van der Waals surface area contributed by atoms with Gasteiger partial charge in [-0.25, -0.2) is 17.2 Å². The first-order valence-electron chi connectivity index (χ1n) is 10.1. The van der Waals surface area contributed by atoms with Crippen LogP contribution in [-0.4, -0.2) is 18.6 Å². The number of aliphatic hydroxyl groups is 2. The van der Waals surface area contributed by atoms with Gasteiger partial charge in [-0.15, -0.1) is 13.2 Å². The van der Waals surface area contributed by atoms with Crippen molar-refractivity contribution in [3.8, 4) is 0 Å². The third kappa shape index (κ3) is 6.32. The van der Waals surface area contributed by atoms with Gasteiger partial charge in [-0.3, -0.25) is 0 Å². The van der Waals surface area contributed by atoms with Crippen LogP contribution in [0.25, 0.3) is 0 Å². The lowest BCUT2D eigenvalue weighted by atomic mass is 10.0. The third-order valence-corrected chi connectivity index (χ3v) is 6.79. The standard InChI is InChI=1S/C24H28F2O4S/c1-3-5-7-9-23(27)19-15-17(11-13-21(19)25)31(29,30)18-12-14-22(26)20(16-18)24(28)10-8-6-4-2/h3-4,11-16,23-24,27-28H,1-2,5-10H2. The highest BCUT2D eigenvalue weighted by Crippen LogP contribution is 2.31. The summed E-state index contributed by atoms with van der Waals surface area (Å²) in [5, 5.41) is 20.6. The lowest BCUT2D eigenvalue weighted by molar-refractivity contribution is 0.160. The van der Waals surface area contributed by atoms with Gasteiger partial charge >= 0.3 is 0 Å². The van der Waals surface area contributed by atoms with E-state index in [2.05, 4.69) is 13.2 Å². The highest BCUT2D eigenvalue weighted by atomic mass is 32.2. The summed E-state index contributed by atoms with van der Waals surface area (Å²) in [4.78, 5) is -0.434. The average Bonchev–Trinajstić information content (AvgIpc) is 2.74. The Morgan fingerprint density at radius 1 is 0.806 bits per heavy atom. The van der Waals surface area contributed by atoms with Crippen LogP contribution in [0.5, 0.6) is 0 Å². The molecule has 0 saturated carbocycles. The molecule has 2 aromatic carbocycles. The largest absolute Gasteiger partial charge is 0.388 e. The number of benzene rings is 2. The van der Waals surface area contributed by atoms with E-state index in [4.69, 9.17) is 0 Å². The van der Waals surface area contributed by atoms with Crippen LogP contribution in [0.1, 0.15) is 61.9 Å². The molecule has 0 saturated heterocycles. The molecule has 2 rings (SSSR count). The minimum Gasteiger partial charge on any atom is -0.388 e. The molecule has 0 aromatic heterocycles. The Bertz CT molecular complexity index is 943. The molecule has 2 unspecified atom stereocenters. The lowest BCUT2D eigenvalue weighted by Gasteiger charge is -2.15. The number of hydrogen-bond donors (Lipinski definition) is 2. The van der Waals surface area contributed by atoms with E-state index >= 15 is 0 Å². The van der Waals surface area contributed by atoms with Crippen LogP contribution >= 0.6 is 0 Å². The molecule has 7 heteroatoms. The van der Waals surface area contributed by atoms with E-state index in [0.717, 1.165) is 36.4 Å². The van der Waals surface area contributed by atoms with Crippen molar-refractivity contribution in [3.05, 3.63) is 84.5 Å². The summed E-state index contributed by atoms with van der Waals surface area (Å²) < 4.78 is 54.6. The zero-order chi connectivity index (χ0) is 23.0. The van der Waals surface area contributed by atoms with Gasteiger partial charge in [0.1, 0.15) is 11.6 Å². The second-order valence-electron chi connectivity index (χ2n) is 7.34. The van der Waals surface area contributed by atoms with Crippen LogP contribution in [0.4, 0.5) is 8.78 Å². The third-order valence-electron chi connectivity index (χ3n) is 5.05. The molecule has 2 N–H and O–H groups in total. The second kappa shape index (κ2) is 11.3. The van der Waals surface area contributed by atoms with Crippen molar-refractivity contribution in [2.75, 3.05) is 0 Å². The van der Waals surface area contributed by atoms with Gasteiger partial charge in [0.25, 0.3) is 0 Å². The number of halogens is 2. The van der Waals surface area contributed by atoms with Crippen LogP contribution < -0.4 is 0 Å². The van der Waals surface area contributed by atoms with Crippen LogP contribution in [0, 0.1) is 11.6 Å². The quantitative estimate of drug-likeness (QED) is 0.252. The number of rotatable bonds is 12. The Balaban J connectivity index is 2.37. The van der Waals surface area contributed by atoms with Crippen molar-refractivity contribution in [3.63, 3.8) is 0 Å². The Morgan fingerprint density at radius 3 is 1.55 bits per heavy atom. The molecule has 0 aliphatic carbocycles. The maximum Gasteiger partial charge on any atom is 0.206 e. The van der Waals surface area contributed by atoms with Crippen molar-refractivity contribution in [1.29, 1.82) is 0 Å². The molecule has 0 fully saturated rings. The van der Waals surface area contributed by atoms with Crippen LogP contribution in [0.2, 0.25) is 0 Å². The van der Waals surface area contributed by atoms with Crippen molar-refractivity contribution in [1.82, 2.24) is 0 Å². The van der Waals surface area contributed by atoms with Crippen LogP contribution in [-0.2, 0) is 9.84 Å². The zero-order valence-corrected chi connectivity index (χ0v) is 18.1. The number of hydrogen-bond acceptors (Lipinski definition) is 4. The fraction of sp³-hybridized carbons (Fsp3) is 0.333. The van der Waals surface area contributed by atoms with Gasteiger partial charge in [0.2, 0.25) is 9.84 Å². The predicted molar refractivity (Wildman–Crippen MR) is 116 cm³/mol. The van der Waals surface area contributed by atoms with E-state index in [1.54, 1.807) is 12.2 Å². The SMILES string of the molecule is C=CCCCC(O)c1cc(S(=O)(=O)c2ccc(F)c(C(O)CCCC=C)c2)ccc1F. The fourth-order valence-electron chi connectivity index (χ4n) is 3.25. The lowest BCUT2D eigenvalue weighted by Crippen LogP contribution is -2.08. The van der Waals surface area contributed by atoms with Crippen molar-refractivity contribution >= 4 is 9.84 Å². The van der Waals surface area contributed by atoms with Gasteiger partial charge in [0.15, 0.2) is 0 Å². The summed E-state index contributed by atoms with van der Waals surface area (Å²) in [5.74, 6) is -1.41. The predicted octanol–water partition coefficient (Wildman–Crippen LogP) is 5.58. The molecule has 0 spiro atoms. The van der Waals surface area contributed by atoms with E-state index < -0.39 is 33.7 Å². The van der Waals surface area contributed by atoms with E-state index in [-0.39, 0.29) is 33.8 Å². The summed E-state index contributed by atoms with van der Waals surface area (Å²) in [6, 6.07) is 6.41.